The van der Waals surface area contributed by atoms with Gasteiger partial charge in [-0.2, -0.15) is 0 Å². The maximum atomic E-state index is 10.3. The minimum absolute atomic E-state index is 0. The van der Waals surface area contributed by atoms with Gasteiger partial charge in [-0.25, -0.2) is 0 Å². The number of likely N-dealkylation sites (N-methyl/N-ethyl adjacent to an activating group) is 2. The van der Waals surface area contributed by atoms with Gasteiger partial charge in [-0.1, -0.05) is 48.5 Å². The van der Waals surface area contributed by atoms with Crippen LogP contribution in [0.3, 0.4) is 0 Å². The summed E-state index contributed by atoms with van der Waals surface area (Å²) in [6.45, 7) is 2.14. The van der Waals surface area contributed by atoms with Crippen LogP contribution >= 0.6 is 24.8 Å². The van der Waals surface area contributed by atoms with Crippen LogP contribution in [-0.4, -0.2) is 62.9 Å². The van der Waals surface area contributed by atoms with Crippen molar-refractivity contribution in [3.63, 3.8) is 0 Å². The summed E-state index contributed by atoms with van der Waals surface area (Å²) in [4.78, 5) is 4.78. The van der Waals surface area contributed by atoms with Crippen LogP contribution in [0.15, 0.2) is 60.7 Å². The summed E-state index contributed by atoms with van der Waals surface area (Å²) in [6, 6.07) is 20.4. The van der Waals surface area contributed by atoms with E-state index in [-0.39, 0.29) is 53.3 Å². The number of fused-ring (bicyclic) bond motifs is 4. The fraction of sp³-hybridized carbons (Fsp3) is 0.294. The van der Waals surface area contributed by atoms with Gasteiger partial charge in [0, 0.05) is 36.3 Å². The highest BCUT2D eigenvalue weighted by Crippen LogP contribution is 2.51. The Labute approximate surface area is 264 Å². The third-order valence-electron chi connectivity index (χ3n) is 9.44. The molecule has 4 aromatic rings. The van der Waals surface area contributed by atoms with Crippen molar-refractivity contribution in [2.45, 2.75) is 37.8 Å². The molecule has 43 heavy (non-hydrogen) atoms. The van der Waals surface area contributed by atoms with Crippen molar-refractivity contribution in [2.75, 3.05) is 27.2 Å². The van der Waals surface area contributed by atoms with Crippen LogP contribution in [0.2, 0.25) is 0 Å². The second-order valence-electron chi connectivity index (χ2n) is 11.6. The zero-order valence-electron chi connectivity index (χ0n) is 24.2. The quantitative estimate of drug-likeness (QED) is 0.186. The van der Waals surface area contributed by atoms with Crippen LogP contribution in [0.5, 0.6) is 23.0 Å². The van der Waals surface area contributed by atoms with Gasteiger partial charge < -0.3 is 25.9 Å². The smallest absolute Gasteiger partial charge is 0.165 e. The van der Waals surface area contributed by atoms with E-state index in [4.69, 9.17) is 0 Å². The fourth-order valence-electron chi connectivity index (χ4n) is 7.35. The summed E-state index contributed by atoms with van der Waals surface area (Å²) < 4.78 is 0. The minimum Gasteiger partial charge on any atom is -0.504 e. The molecule has 0 spiro atoms. The van der Waals surface area contributed by atoms with Crippen LogP contribution in [0.4, 0.5) is 0 Å². The number of benzene rings is 4. The molecule has 6 N–H and O–H groups in total. The zero-order chi connectivity index (χ0) is 27.7. The van der Waals surface area contributed by atoms with Crippen molar-refractivity contribution in [1.29, 1.82) is 0 Å². The molecule has 4 aromatic carbocycles. The van der Waals surface area contributed by atoms with Gasteiger partial charge in [-0.3, -0.25) is 9.80 Å². The number of aromatic hydroxyl groups is 4. The molecule has 8 rings (SSSR count). The number of hydrogen-bond donors (Lipinski definition) is 4. The van der Waals surface area contributed by atoms with Gasteiger partial charge in [-0.15, -0.1) is 24.8 Å². The lowest BCUT2D eigenvalue weighted by Crippen LogP contribution is -2.35. The molecule has 0 saturated carbocycles. The van der Waals surface area contributed by atoms with Crippen molar-refractivity contribution in [3.8, 4) is 45.3 Å². The molecule has 228 valence electrons. The number of phenolic OH excluding ortho intramolecular Hbond substituents is 4. The van der Waals surface area contributed by atoms with Gasteiger partial charge in [-0.05, 0) is 96.4 Å². The molecule has 0 saturated heterocycles. The lowest BCUT2D eigenvalue weighted by Gasteiger charge is -2.39. The molecule has 2 aliphatic carbocycles. The first-order chi connectivity index (χ1) is 19.3. The monoisotopic (exact) mass is 624 g/mol. The second kappa shape index (κ2) is 12.3. The summed E-state index contributed by atoms with van der Waals surface area (Å²) in [5.41, 5.74) is 11.4. The Morgan fingerprint density at radius 2 is 0.953 bits per heavy atom. The molecular formula is C34H38Cl2N2O5. The largest absolute Gasteiger partial charge is 0.504 e. The first-order valence-corrected chi connectivity index (χ1v) is 14.1. The van der Waals surface area contributed by atoms with Crippen molar-refractivity contribution in [3.05, 3.63) is 94.0 Å². The molecule has 0 amide bonds. The third-order valence-corrected chi connectivity index (χ3v) is 9.44. The van der Waals surface area contributed by atoms with Crippen LogP contribution in [0.25, 0.3) is 22.3 Å². The minimum atomic E-state index is -0.0380. The second-order valence-corrected chi connectivity index (χ2v) is 11.6. The first kappa shape index (κ1) is 32.5. The number of rotatable bonds is 0. The molecule has 2 heterocycles. The molecule has 0 unspecified atom stereocenters. The van der Waals surface area contributed by atoms with E-state index >= 15 is 0 Å². The molecular weight excluding hydrogens is 587 g/mol. The number of phenols is 4. The Morgan fingerprint density at radius 3 is 1.35 bits per heavy atom. The highest BCUT2D eigenvalue weighted by Gasteiger charge is 2.35. The predicted molar refractivity (Wildman–Crippen MR) is 174 cm³/mol. The van der Waals surface area contributed by atoms with Crippen LogP contribution in [0, 0.1) is 0 Å². The Balaban J connectivity index is 0.000000184. The van der Waals surface area contributed by atoms with E-state index in [9.17, 15) is 20.4 Å². The molecule has 4 aliphatic rings. The maximum Gasteiger partial charge on any atom is 0.165 e. The zero-order valence-corrected chi connectivity index (χ0v) is 25.8. The Bertz CT molecular complexity index is 1550. The highest BCUT2D eigenvalue weighted by atomic mass is 35.5. The highest BCUT2D eigenvalue weighted by molar-refractivity contribution is 5.86. The predicted octanol–water partition coefficient (Wildman–Crippen LogP) is 5.72. The molecule has 0 radical (unpaired) electrons. The van der Waals surface area contributed by atoms with E-state index in [1.807, 2.05) is 12.1 Å². The van der Waals surface area contributed by atoms with Gasteiger partial charge in [0.1, 0.15) is 0 Å². The molecule has 2 aliphatic heterocycles. The van der Waals surface area contributed by atoms with Gasteiger partial charge >= 0.3 is 0 Å². The molecule has 9 heteroatoms. The van der Waals surface area contributed by atoms with E-state index in [2.05, 4.69) is 60.3 Å². The van der Waals surface area contributed by atoms with E-state index < -0.39 is 0 Å². The average Bonchev–Trinajstić information content (AvgIpc) is 2.96. The average molecular weight is 626 g/mol. The molecule has 2 atom stereocenters. The molecule has 0 bridgehead atoms. The lowest BCUT2D eigenvalue weighted by atomic mass is 9.77. The van der Waals surface area contributed by atoms with Crippen LogP contribution in [0.1, 0.15) is 45.5 Å². The Hall–Kier alpha value is -3.46. The topological polar surface area (TPSA) is 119 Å². The van der Waals surface area contributed by atoms with Crippen molar-refractivity contribution >= 4 is 24.8 Å². The van der Waals surface area contributed by atoms with Crippen molar-refractivity contribution < 1.29 is 25.9 Å². The SMILES string of the molecule is CN1CCc2cccc3c2[C@H]1Cc1ccc(O)c(O)c1-3.CN1CCc2cccc3c2[C@H]1Cc1ccc(O)c(O)c1-3.Cl.Cl.O. The van der Waals surface area contributed by atoms with Gasteiger partial charge in [0.2, 0.25) is 0 Å². The summed E-state index contributed by atoms with van der Waals surface area (Å²) in [5.74, 6) is -0.0434. The summed E-state index contributed by atoms with van der Waals surface area (Å²) in [5, 5.41) is 40.1. The van der Waals surface area contributed by atoms with Gasteiger partial charge in [0.15, 0.2) is 23.0 Å². The Morgan fingerprint density at radius 1 is 0.558 bits per heavy atom. The van der Waals surface area contributed by atoms with E-state index in [1.165, 1.54) is 22.3 Å². The van der Waals surface area contributed by atoms with Crippen molar-refractivity contribution in [1.82, 2.24) is 9.80 Å². The molecule has 0 fully saturated rings. The van der Waals surface area contributed by atoms with E-state index in [0.717, 1.165) is 72.2 Å². The maximum absolute atomic E-state index is 10.3. The van der Waals surface area contributed by atoms with Crippen LogP contribution < -0.4 is 0 Å². The van der Waals surface area contributed by atoms with E-state index in [1.54, 1.807) is 12.1 Å². The molecule has 0 aromatic heterocycles. The number of hydrogen-bond acceptors (Lipinski definition) is 6. The third kappa shape index (κ3) is 5.09. The normalized spacial score (nSPS) is 18.9. The first-order valence-electron chi connectivity index (χ1n) is 14.1. The number of halogens is 2. The molecule has 7 nitrogen and oxygen atoms in total. The van der Waals surface area contributed by atoms with E-state index in [0.29, 0.717) is 12.1 Å². The summed E-state index contributed by atoms with van der Waals surface area (Å²) in [7, 11) is 4.32. The van der Waals surface area contributed by atoms with Crippen LogP contribution in [-0.2, 0) is 25.7 Å². The summed E-state index contributed by atoms with van der Waals surface area (Å²) in [6.07, 6.45) is 3.88. The Kier molecular flexibility index (Phi) is 9.26. The lowest BCUT2D eigenvalue weighted by molar-refractivity contribution is 0.228. The van der Waals surface area contributed by atoms with Gasteiger partial charge in [0.05, 0.1) is 0 Å². The number of nitrogens with zero attached hydrogens (tertiary/aromatic N) is 2. The van der Waals surface area contributed by atoms with Crippen molar-refractivity contribution in [2.24, 2.45) is 0 Å². The summed E-state index contributed by atoms with van der Waals surface area (Å²) >= 11 is 0. The standard InChI is InChI=1S/2C17H17NO2.2ClH.H2O/c2*1-18-8-7-10-3-2-4-12-15(10)13(18)9-11-5-6-14(19)17(20)16(11)12;;;/h2*2-6,13,19-20H,7-9H2,1H3;2*1H;1H2/t2*13-;;;/m11.../s1. The fourth-order valence-corrected chi connectivity index (χ4v) is 7.35. The van der Waals surface area contributed by atoms with Gasteiger partial charge in [0.25, 0.3) is 0 Å².